The third-order valence-corrected chi connectivity index (χ3v) is 3.14. The predicted octanol–water partition coefficient (Wildman–Crippen LogP) is 3.73. The van der Waals surface area contributed by atoms with Gasteiger partial charge in [0.05, 0.1) is 16.4 Å². The van der Waals surface area contributed by atoms with Crippen molar-refractivity contribution in [1.82, 2.24) is 9.78 Å². The molecule has 0 N–H and O–H groups in total. The molecule has 2 aromatic rings. The predicted molar refractivity (Wildman–Crippen MR) is 65.9 cm³/mol. The van der Waals surface area contributed by atoms with E-state index in [1.807, 2.05) is 35.9 Å². The van der Waals surface area contributed by atoms with E-state index in [2.05, 4.69) is 21.0 Å². The van der Waals surface area contributed by atoms with Crippen LogP contribution in [-0.4, -0.2) is 9.78 Å². The third kappa shape index (κ3) is 1.94. The standard InChI is InChI=1S/C11H10BrClN2/c1-8-3-2-4-10(13)11(8)15-9(7-12)5-6-14-15/h2-6H,7H2,1H3. The first kappa shape index (κ1) is 10.7. The Morgan fingerprint density at radius 2 is 2.20 bits per heavy atom. The molecule has 0 saturated heterocycles. The Labute approximate surface area is 102 Å². The second-order valence-corrected chi connectivity index (χ2v) is 4.24. The fourth-order valence-corrected chi connectivity index (χ4v) is 2.25. The van der Waals surface area contributed by atoms with Gasteiger partial charge in [-0.15, -0.1) is 0 Å². The van der Waals surface area contributed by atoms with Gasteiger partial charge in [-0.1, -0.05) is 39.7 Å². The topological polar surface area (TPSA) is 17.8 Å². The van der Waals surface area contributed by atoms with Gasteiger partial charge in [0.1, 0.15) is 0 Å². The SMILES string of the molecule is Cc1cccc(Cl)c1-n1nccc1CBr. The van der Waals surface area contributed by atoms with Gasteiger partial charge in [-0.3, -0.25) is 0 Å². The molecule has 0 radical (unpaired) electrons. The van der Waals surface area contributed by atoms with Gasteiger partial charge in [0, 0.05) is 11.5 Å². The van der Waals surface area contributed by atoms with Crippen LogP contribution in [0.1, 0.15) is 11.3 Å². The van der Waals surface area contributed by atoms with E-state index in [0.29, 0.717) is 0 Å². The van der Waals surface area contributed by atoms with Crippen LogP contribution in [0.2, 0.25) is 5.02 Å². The number of halogens is 2. The van der Waals surface area contributed by atoms with E-state index in [1.165, 1.54) is 0 Å². The molecule has 0 saturated carbocycles. The summed E-state index contributed by atoms with van der Waals surface area (Å²) in [5.74, 6) is 0. The van der Waals surface area contributed by atoms with Gasteiger partial charge in [0.15, 0.2) is 0 Å². The largest absolute Gasteiger partial charge is 0.235 e. The minimum Gasteiger partial charge on any atom is -0.235 e. The highest BCUT2D eigenvalue weighted by Gasteiger charge is 2.09. The Morgan fingerprint density at radius 3 is 2.87 bits per heavy atom. The van der Waals surface area contributed by atoms with Gasteiger partial charge >= 0.3 is 0 Å². The third-order valence-electron chi connectivity index (χ3n) is 2.26. The van der Waals surface area contributed by atoms with Crippen molar-refractivity contribution in [2.24, 2.45) is 0 Å². The molecule has 1 heterocycles. The van der Waals surface area contributed by atoms with E-state index >= 15 is 0 Å². The van der Waals surface area contributed by atoms with Crippen LogP contribution in [0.3, 0.4) is 0 Å². The van der Waals surface area contributed by atoms with Crippen LogP contribution in [0.5, 0.6) is 0 Å². The molecule has 0 amide bonds. The Hall–Kier alpha value is -0.800. The number of aryl methyl sites for hydroxylation is 1. The van der Waals surface area contributed by atoms with Gasteiger partial charge in [-0.05, 0) is 24.6 Å². The monoisotopic (exact) mass is 284 g/mol. The smallest absolute Gasteiger partial charge is 0.0864 e. The summed E-state index contributed by atoms with van der Waals surface area (Å²) in [6.45, 7) is 2.03. The highest BCUT2D eigenvalue weighted by atomic mass is 79.9. The first-order chi connectivity index (χ1) is 7.24. The quantitative estimate of drug-likeness (QED) is 0.769. The average molecular weight is 286 g/mol. The fourth-order valence-electron chi connectivity index (χ4n) is 1.52. The van der Waals surface area contributed by atoms with E-state index in [4.69, 9.17) is 11.6 Å². The lowest BCUT2D eigenvalue weighted by Gasteiger charge is -2.10. The van der Waals surface area contributed by atoms with Crippen molar-refractivity contribution in [2.45, 2.75) is 12.3 Å². The maximum Gasteiger partial charge on any atom is 0.0864 e. The zero-order chi connectivity index (χ0) is 10.8. The molecular weight excluding hydrogens is 275 g/mol. The molecule has 78 valence electrons. The van der Waals surface area contributed by atoms with Crippen LogP contribution < -0.4 is 0 Å². The highest BCUT2D eigenvalue weighted by molar-refractivity contribution is 9.08. The van der Waals surface area contributed by atoms with Crippen molar-refractivity contribution in [3.05, 3.63) is 46.7 Å². The Balaban J connectivity index is 2.63. The molecule has 1 aromatic carbocycles. The molecule has 0 aliphatic carbocycles. The van der Waals surface area contributed by atoms with E-state index in [-0.39, 0.29) is 0 Å². The van der Waals surface area contributed by atoms with Gasteiger partial charge in [-0.2, -0.15) is 5.10 Å². The van der Waals surface area contributed by atoms with Gasteiger partial charge in [0.2, 0.25) is 0 Å². The minimum absolute atomic E-state index is 0.723. The van der Waals surface area contributed by atoms with Crippen molar-refractivity contribution >= 4 is 27.5 Å². The lowest BCUT2D eigenvalue weighted by Crippen LogP contribution is -2.03. The van der Waals surface area contributed by atoms with E-state index < -0.39 is 0 Å². The van der Waals surface area contributed by atoms with Crippen LogP contribution in [0, 0.1) is 6.92 Å². The summed E-state index contributed by atoms with van der Waals surface area (Å²) in [6, 6.07) is 7.82. The summed E-state index contributed by atoms with van der Waals surface area (Å²) < 4.78 is 1.87. The summed E-state index contributed by atoms with van der Waals surface area (Å²) in [6.07, 6.45) is 1.78. The van der Waals surface area contributed by atoms with Crippen LogP contribution in [0.25, 0.3) is 5.69 Å². The average Bonchev–Trinajstić information content (AvgIpc) is 2.65. The lowest BCUT2D eigenvalue weighted by molar-refractivity contribution is 0.837. The van der Waals surface area contributed by atoms with Crippen LogP contribution in [0.4, 0.5) is 0 Å². The number of para-hydroxylation sites is 1. The number of nitrogens with zero attached hydrogens (tertiary/aromatic N) is 2. The molecule has 0 aliphatic heterocycles. The number of rotatable bonds is 2. The fraction of sp³-hybridized carbons (Fsp3) is 0.182. The second-order valence-electron chi connectivity index (χ2n) is 3.27. The molecule has 0 atom stereocenters. The molecule has 2 rings (SSSR count). The van der Waals surface area contributed by atoms with Crippen molar-refractivity contribution in [1.29, 1.82) is 0 Å². The Bertz CT molecular complexity index is 459. The van der Waals surface area contributed by atoms with Crippen molar-refractivity contribution < 1.29 is 0 Å². The zero-order valence-corrected chi connectivity index (χ0v) is 10.6. The molecular formula is C11H10BrClN2. The van der Waals surface area contributed by atoms with Crippen LogP contribution in [-0.2, 0) is 5.33 Å². The van der Waals surface area contributed by atoms with Crippen LogP contribution >= 0.6 is 27.5 Å². The van der Waals surface area contributed by atoms with Gasteiger partial charge < -0.3 is 0 Å². The van der Waals surface area contributed by atoms with E-state index in [1.54, 1.807) is 6.20 Å². The normalized spacial score (nSPS) is 10.6. The van der Waals surface area contributed by atoms with Gasteiger partial charge in [-0.25, -0.2) is 4.68 Å². The molecule has 4 heteroatoms. The van der Waals surface area contributed by atoms with Crippen molar-refractivity contribution in [3.8, 4) is 5.69 Å². The maximum atomic E-state index is 6.17. The number of benzene rings is 1. The Morgan fingerprint density at radius 1 is 1.40 bits per heavy atom. The molecule has 0 spiro atoms. The summed E-state index contributed by atoms with van der Waals surface area (Å²) in [5, 5.41) is 5.77. The molecule has 0 fully saturated rings. The van der Waals surface area contributed by atoms with Crippen molar-refractivity contribution in [2.75, 3.05) is 0 Å². The summed E-state index contributed by atoms with van der Waals surface area (Å²) >= 11 is 9.60. The molecule has 2 nitrogen and oxygen atoms in total. The molecule has 0 bridgehead atoms. The lowest BCUT2D eigenvalue weighted by atomic mass is 10.2. The summed E-state index contributed by atoms with van der Waals surface area (Å²) in [5.41, 5.74) is 3.17. The van der Waals surface area contributed by atoms with E-state index in [0.717, 1.165) is 27.3 Å². The first-order valence-electron chi connectivity index (χ1n) is 4.58. The number of alkyl halides is 1. The van der Waals surface area contributed by atoms with E-state index in [9.17, 15) is 0 Å². The number of hydrogen-bond donors (Lipinski definition) is 0. The molecule has 15 heavy (non-hydrogen) atoms. The summed E-state index contributed by atoms with van der Waals surface area (Å²) in [7, 11) is 0. The molecule has 0 aliphatic rings. The number of aromatic nitrogens is 2. The highest BCUT2D eigenvalue weighted by Crippen LogP contribution is 2.25. The Kier molecular flexibility index (Phi) is 3.12. The van der Waals surface area contributed by atoms with Crippen LogP contribution in [0.15, 0.2) is 30.5 Å². The van der Waals surface area contributed by atoms with Gasteiger partial charge in [0.25, 0.3) is 0 Å². The first-order valence-corrected chi connectivity index (χ1v) is 6.08. The summed E-state index contributed by atoms with van der Waals surface area (Å²) in [4.78, 5) is 0. The number of hydrogen-bond acceptors (Lipinski definition) is 1. The molecule has 1 aromatic heterocycles. The maximum absolute atomic E-state index is 6.17. The second kappa shape index (κ2) is 4.37. The van der Waals surface area contributed by atoms with Crippen molar-refractivity contribution in [3.63, 3.8) is 0 Å². The molecule has 0 unspecified atom stereocenters. The minimum atomic E-state index is 0.723. The zero-order valence-electron chi connectivity index (χ0n) is 8.24.